The molecule has 2 heteroatoms. The maximum Gasteiger partial charge on any atom is 0.303 e. The Hall–Kier alpha value is -0.530. The molecule has 0 unspecified atom stereocenters. The third-order valence-electron chi connectivity index (χ3n) is 4.73. The van der Waals surface area contributed by atoms with Crippen LogP contribution >= 0.6 is 0 Å². The first-order valence-corrected chi connectivity index (χ1v) is 9.01. The number of aliphatic carboxylic acids is 1. The zero-order valence-corrected chi connectivity index (χ0v) is 13.2. The Morgan fingerprint density at radius 1 is 0.750 bits per heavy atom. The highest BCUT2D eigenvalue weighted by molar-refractivity contribution is 5.66. The molecule has 1 saturated carbocycles. The molecular weight excluding hydrogens is 248 g/mol. The van der Waals surface area contributed by atoms with Gasteiger partial charge >= 0.3 is 5.97 Å². The third-order valence-corrected chi connectivity index (χ3v) is 4.73. The van der Waals surface area contributed by atoms with Crippen LogP contribution in [0.3, 0.4) is 0 Å². The van der Waals surface area contributed by atoms with E-state index in [0.29, 0.717) is 6.42 Å². The van der Waals surface area contributed by atoms with Gasteiger partial charge in [-0.05, 0) is 12.3 Å². The second-order valence-corrected chi connectivity index (χ2v) is 6.62. The normalized spacial score (nSPS) is 19.4. The van der Waals surface area contributed by atoms with Crippen LogP contribution in [-0.4, -0.2) is 11.1 Å². The van der Waals surface area contributed by atoms with Crippen LogP contribution in [0, 0.1) is 5.92 Å². The van der Waals surface area contributed by atoms with Crippen LogP contribution < -0.4 is 0 Å². The van der Waals surface area contributed by atoms with Crippen molar-refractivity contribution in [2.45, 2.75) is 103 Å². The molecule has 2 nitrogen and oxygen atoms in total. The van der Waals surface area contributed by atoms with E-state index in [4.69, 9.17) is 5.11 Å². The van der Waals surface area contributed by atoms with Gasteiger partial charge in [0.25, 0.3) is 0 Å². The zero-order valence-electron chi connectivity index (χ0n) is 13.2. The molecule has 0 spiro atoms. The standard InChI is InChI=1S/C18H34O2/c19-18(20)16-12-8-7-11-15-17-13-9-5-3-1-2-4-6-10-14-17/h17H,1-16H2,(H,19,20). The van der Waals surface area contributed by atoms with Crippen molar-refractivity contribution in [3.63, 3.8) is 0 Å². The average molecular weight is 282 g/mol. The summed E-state index contributed by atoms with van der Waals surface area (Å²) < 4.78 is 0. The number of hydrogen-bond acceptors (Lipinski definition) is 1. The lowest BCUT2D eigenvalue weighted by molar-refractivity contribution is -0.137. The van der Waals surface area contributed by atoms with Crippen molar-refractivity contribution in [2.24, 2.45) is 5.92 Å². The van der Waals surface area contributed by atoms with Gasteiger partial charge < -0.3 is 5.11 Å². The van der Waals surface area contributed by atoms with Crippen LogP contribution in [-0.2, 0) is 4.79 Å². The fraction of sp³-hybridized carbons (Fsp3) is 0.944. The lowest BCUT2D eigenvalue weighted by Crippen LogP contribution is -2.01. The van der Waals surface area contributed by atoms with E-state index in [2.05, 4.69) is 0 Å². The minimum absolute atomic E-state index is 0.351. The first-order chi connectivity index (χ1) is 9.79. The van der Waals surface area contributed by atoms with Gasteiger partial charge in [-0.15, -0.1) is 0 Å². The molecule has 0 aromatic heterocycles. The molecule has 0 aromatic carbocycles. The van der Waals surface area contributed by atoms with Gasteiger partial charge in [0.2, 0.25) is 0 Å². The van der Waals surface area contributed by atoms with Gasteiger partial charge in [0, 0.05) is 6.42 Å². The molecule has 0 radical (unpaired) electrons. The highest BCUT2D eigenvalue weighted by atomic mass is 16.4. The van der Waals surface area contributed by atoms with Crippen molar-refractivity contribution < 1.29 is 9.90 Å². The van der Waals surface area contributed by atoms with Crippen LogP contribution in [0.2, 0.25) is 0 Å². The Morgan fingerprint density at radius 3 is 1.80 bits per heavy atom. The van der Waals surface area contributed by atoms with Gasteiger partial charge in [-0.1, -0.05) is 89.9 Å². The van der Waals surface area contributed by atoms with E-state index in [1.165, 1.54) is 83.5 Å². The lowest BCUT2D eigenvalue weighted by Gasteiger charge is -2.16. The number of carboxylic acid groups (broad SMARTS) is 1. The summed E-state index contributed by atoms with van der Waals surface area (Å²) in [5.41, 5.74) is 0. The molecule has 0 aromatic rings. The predicted molar refractivity (Wildman–Crippen MR) is 85.0 cm³/mol. The van der Waals surface area contributed by atoms with Crippen molar-refractivity contribution >= 4 is 5.97 Å². The molecule has 0 heterocycles. The van der Waals surface area contributed by atoms with E-state index in [0.717, 1.165) is 18.8 Å². The van der Waals surface area contributed by atoms with Crippen LogP contribution in [0.15, 0.2) is 0 Å². The summed E-state index contributed by atoms with van der Waals surface area (Å²) in [5.74, 6) is 0.306. The second-order valence-electron chi connectivity index (χ2n) is 6.62. The second kappa shape index (κ2) is 12.2. The number of carbonyl (C=O) groups is 1. The molecule has 0 saturated heterocycles. The van der Waals surface area contributed by atoms with E-state index >= 15 is 0 Å². The van der Waals surface area contributed by atoms with E-state index in [1.807, 2.05) is 0 Å². The van der Waals surface area contributed by atoms with E-state index < -0.39 is 5.97 Å². The molecular formula is C18H34O2. The van der Waals surface area contributed by atoms with Gasteiger partial charge in [-0.2, -0.15) is 0 Å². The molecule has 20 heavy (non-hydrogen) atoms. The van der Waals surface area contributed by atoms with Crippen molar-refractivity contribution in [3.05, 3.63) is 0 Å². The summed E-state index contributed by atoms with van der Waals surface area (Å²) in [6, 6.07) is 0. The molecule has 1 N–H and O–H groups in total. The zero-order chi connectivity index (χ0) is 14.5. The highest BCUT2D eigenvalue weighted by Gasteiger charge is 2.09. The Kier molecular flexibility index (Phi) is 10.7. The fourth-order valence-corrected chi connectivity index (χ4v) is 3.42. The molecule has 1 aliphatic carbocycles. The molecule has 1 aliphatic rings. The maximum atomic E-state index is 10.4. The van der Waals surface area contributed by atoms with Gasteiger partial charge in [0.05, 0.1) is 0 Å². The summed E-state index contributed by atoms with van der Waals surface area (Å²) in [5, 5.41) is 8.60. The number of carboxylic acids is 1. The Labute approximate surface area is 125 Å². The van der Waals surface area contributed by atoms with Gasteiger partial charge in [0.15, 0.2) is 0 Å². The summed E-state index contributed by atoms with van der Waals surface area (Å²) in [4.78, 5) is 10.4. The first-order valence-electron chi connectivity index (χ1n) is 9.01. The van der Waals surface area contributed by atoms with E-state index in [1.54, 1.807) is 0 Å². The van der Waals surface area contributed by atoms with Gasteiger partial charge in [0.1, 0.15) is 0 Å². The SMILES string of the molecule is O=C(O)CCCCCCC1CCCCCCCCCC1. The lowest BCUT2D eigenvalue weighted by atomic mass is 9.90. The minimum atomic E-state index is -0.645. The Balaban J connectivity index is 2.06. The topological polar surface area (TPSA) is 37.3 Å². The predicted octanol–water partition coefficient (Wildman–Crippen LogP) is 5.94. The van der Waals surface area contributed by atoms with Crippen molar-refractivity contribution in [2.75, 3.05) is 0 Å². The van der Waals surface area contributed by atoms with E-state index in [-0.39, 0.29) is 0 Å². The monoisotopic (exact) mass is 282 g/mol. The van der Waals surface area contributed by atoms with Crippen LogP contribution in [0.1, 0.15) is 103 Å². The molecule has 0 amide bonds. The van der Waals surface area contributed by atoms with Gasteiger partial charge in [-0.25, -0.2) is 0 Å². The fourth-order valence-electron chi connectivity index (χ4n) is 3.42. The summed E-state index contributed by atoms with van der Waals surface area (Å²) >= 11 is 0. The number of hydrogen-bond donors (Lipinski definition) is 1. The average Bonchev–Trinajstić information content (AvgIpc) is 2.48. The molecule has 1 rings (SSSR count). The Morgan fingerprint density at radius 2 is 1.25 bits per heavy atom. The van der Waals surface area contributed by atoms with Crippen molar-refractivity contribution in [3.8, 4) is 0 Å². The molecule has 118 valence electrons. The summed E-state index contributed by atoms with van der Waals surface area (Å²) in [6.07, 6.45) is 20.7. The van der Waals surface area contributed by atoms with Crippen molar-refractivity contribution in [1.29, 1.82) is 0 Å². The maximum absolute atomic E-state index is 10.4. The summed E-state index contributed by atoms with van der Waals surface area (Å²) in [6.45, 7) is 0. The van der Waals surface area contributed by atoms with Crippen LogP contribution in [0.25, 0.3) is 0 Å². The highest BCUT2D eigenvalue weighted by Crippen LogP contribution is 2.25. The molecule has 1 fully saturated rings. The number of rotatable bonds is 7. The quantitative estimate of drug-likeness (QED) is 0.586. The van der Waals surface area contributed by atoms with Crippen molar-refractivity contribution in [1.82, 2.24) is 0 Å². The number of unbranched alkanes of at least 4 members (excludes halogenated alkanes) is 3. The van der Waals surface area contributed by atoms with Crippen LogP contribution in [0.5, 0.6) is 0 Å². The molecule has 0 bridgehead atoms. The largest absolute Gasteiger partial charge is 0.481 e. The molecule has 0 atom stereocenters. The molecule has 0 aliphatic heterocycles. The first kappa shape index (κ1) is 17.5. The summed E-state index contributed by atoms with van der Waals surface area (Å²) in [7, 11) is 0. The smallest absolute Gasteiger partial charge is 0.303 e. The Bertz CT molecular complexity index is 226. The van der Waals surface area contributed by atoms with E-state index in [9.17, 15) is 4.79 Å². The van der Waals surface area contributed by atoms with Crippen LogP contribution in [0.4, 0.5) is 0 Å². The van der Waals surface area contributed by atoms with Gasteiger partial charge in [-0.3, -0.25) is 4.79 Å². The minimum Gasteiger partial charge on any atom is -0.481 e. The third kappa shape index (κ3) is 10.3.